The summed E-state index contributed by atoms with van der Waals surface area (Å²) in [7, 11) is -0.574. The molecule has 2 aromatic carbocycles. The van der Waals surface area contributed by atoms with Gasteiger partial charge in [0.1, 0.15) is 0 Å². The van der Waals surface area contributed by atoms with Crippen LogP contribution in [0, 0.1) is 0 Å². The molecule has 1 amide bonds. The molecule has 128 valence electrons. The van der Waals surface area contributed by atoms with Crippen LogP contribution in [0.25, 0.3) is 0 Å². The fraction of sp³-hybridized carbons (Fsp3) is 0.235. The molecular formula is C17H19BrN2O3S. The topological polar surface area (TPSA) is 66.5 Å². The minimum atomic E-state index is -3.54. The predicted molar refractivity (Wildman–Crippen MR) is 97.0 cm³/mol. The van der Waals surface area contributed by atoms with Crippen molar-refractivity contribution in [3.63, 3.8) is 0 Å². The van der Waals surface area contributed by atoms with Crippen molar-refractivity contribution >= 4 is 31.9 Å². The van der Waals surface area contributed by atoms with Crippen molar-refractivity contribution in [2.75, 3.05) is 14.1 Å². The summed E-state index contributed by atoms with van der Waals surface area (Å²) in [4.78, 5) is 12.3. The largest absolute Gasteiger partial charge is 0.352 e. The van der Waals surface area contributed by atoms with E-state index in [0.717, 1.165) is 14.3 Å². The Hall–Kier alpha value is -1.70. The molecule has 0 aliphatic carbocycles. The van der Waals surface area contributed by atoms with Gasteiger partial charge in [-0.2, -0.15) is 0 Å². The van der Waals surface area contributed by atoms with Crippen LogP contribution in [0.3, 0.4) is 0 Å². The Morgan fingerprint density at radius 2 is 1.71 bits per heavy atom. The van der Waals surface area contributed by atoms with Gasteiger partial charge in [-0.15, -0.1) is 0 Å². The highest BCUT2D eigenvalue weighted by Crippen LogP contribution is 2.18. The van der Waals surface area contributed by atoms with E-state index in [0.29, 0.717) is 5.56 Å². The van der Waals surface area contributed by atoms with E-state index in [2.05, 4.69) is 21.2 Å². The molecule has 0 aliphatic rings. The molecule has 0 fully saturated rings. The molecule has 2 aromatic rings. The van der Waals surface area contributed by atoms with Crippen LogP contribution < -0.4 is 5.32 Å². The van der Waals surface area contributed by atoms with Crippen molar-refractivity contribution < 1.29 is 13.2 Å². The Balaban J connectivity index is 2.07. The van der Waals surface area contributed by atoms with Crippen molar-refractivity contribution in [1.82, 2.24) is 9.62 Å². The van der Waals surface area contributed by atoms with Crippen molar-refractivity contribution in [3.05, 3.63) is 64.1 Å². The number of hydrogen-bond acceptors (Lipinski definition) is 3. The lowest BCUT2D eigenvalue weighted by molar-refractivity contribution is -0.120. The number of benzene rings is 2. The van der Waals surface area contributed by atoms with Crippen LogP contribution in [0.1, 0.15) is 11.1 Å². The Morgan fingerprint density at radius 3 is 2.33 bits per heavy atom. The third kappa shape index (κ3) is 4.66. The normalized spacial score (nSPS) is 11.5. The number of hydrogen-bond donors (Lipinski definition) is 1. The number of nitrogens with one attached hydrogen (secondary N) is 1. The summed E-state index contributed by atoms with van der Waals surface area (Å²) < 4.78 is 26.8. The maximum Gasteiger partial charge on any atom is 0.242 e. The lowest BCUT2D eigenvalue weighted by Gasteiger charge is -2.15. The molecule has 0 unspecified atom stereocenters. The van der Waals surface area contributed by atoms with Crippen molar-refractivity contribution in [2.24, 2.45) is 0 Å². The number of nitrogens with zero attached hydrogens (tertiary/aromatic N) is 1. The molecule has 0 spiro atoms. The molecule has 2 rings (SSSR count). The third-order valence-electron chi connectivity index (χ3n) is 3.49. The Bertz CT molecular complexity index is 818. The average Bonchev–Trinajstić information content (AvgIpc) is 2.55. The molecule has 0 aliphatic heterocycles. The van der Waals surface area contributed by atoms with Crippen molar-refractivity contribution in [2.45, 2.75) is 17.9 Å². The summed E-state index contributed by atoms with van der Waals surface area (Å²) in [5.41, 5.74) is 1.46. The molecule has 0 saturated heterocycles. The zero-order valence-corrected chi connectivity index (χ0v) is 15.9. The molecular weight excluding hydrogens is 392 g/mol. The van der Waals surface area contributed by atoms with E-state index in [9.17, 15) is 13.2 Å². The first-order chi connectivity index (χ1) is 11.3. The maximum absolute atomic E-state index is 12.3. The van der Waals surface area contributed by atoms with Crippen LogP contribution in [-0.2, 0) is 27.8 Å². The molecule has 0 saturated carbocycles. The molecule has 0 bridgehead atoms. The SMILES string of the molecule is CN(C)S(=O)(=O)c1ccccc1CNC(=O)Cc1ccc(Br)cc1. The van der Waals surface area contributed by atoms with E-state index in [1.54, 1.807) is 24.3 Å². The van der Waals surface area contributed by atoms with Gasteiger partial charge in [-0.1, -0.05) is 46.3 Å². The molecule has 0 radical (unpaired) electrons. The minimum absolute atomic E-state index is 0.158. The number of carbonyl (C=O) groups excluding carboxylic acids is 1. The number of rotatable bonds is 6. The van der Waals surface area contributed by atoms with Crippen LogP contribution >= 0.6 is 15.9 Å². The number of carbonyl (C=O) groups is 1. The third-order valence-corrected chi connectivity index (χ3v) is 5.93. The fourth-order valence-corrected chi connectivity index (χ4v) is 3.52. The first kappa shape index (κ1) is 18.6. The molecule has 24 heavy (non-hydrogen) atoms. The lowest BCUT2D eigenvalue weighted by atomic mass is 10.1. The van der Waals surface area contributed by atoms with Gasteiger partial charge in [-0.25, -0.2) is 12.7 Å². The highest BCUT2D eigenvalue weighted by Gasteiger charge is 2.20. The fourth-order valence-electron chi connectivity index (χ4n) is 2.14. The molecule has 0 heterocycles. The number of amides is 1. The molecule has 0 atom stereocenters. The Morgan fingerprint density at radius 1 is 1.08 bits per heavy atom. The minimum Gasteiger partial charge on any atom is -0.352 e. The van der Waals surface area contributed by atoms with E-state index in [1.807, 2.05) is 24.3 Å². The van der Waals surface area contributed by atoms with Gasteiger partial charge >= 0.3 is 0 Å². The molecule has 1 N–H and O–H groups in total. The van der Waals surface area contributed by atoms with Crippen LogP contribution in [0.15, 0.2) is 57.9 Å². The van der Waals surface area contributed by atoms with Gasteiger partial charge in [-0.05, 0) is 29.3 Å². The van der Waals surface area contributed by atoms with Gasteiger partial charge in [-0.3, -0.25) is 4.79 Å². The summed E-state index contributed by atoms with van der Waals surface area (Å²) in [6, 6.07) is 14.2. The van der Waals surface area contributed by atoms with E-state index >= 15 is 0 Å². The quantitative estimate of drug-likeness (QED) is 0.795. The van der Waals surface area contributed by atoms with Crippen molar-refractivity contribution in [1.29, 1.82) is 0 Å². The predicted octanol–water partition coefficient (Wildman–Crippen LogP) is 2.56. The standard InChI is InChI=1S/C17H19BrN2O3S/c1-20(2)24(22,23)16-6-4-3-5-14(16)12-19-17(21)11-13-7-9-15(18)10-8-13/h3-10H,11-12H2,1-2H3,(H,19,21). The first-order valence-corrected chi connectivity index (χ1v) is 9.55. The summed E-state index contributed by atoms with van der Waals surface area (Å²) >= 11 is 3.35. The smallest absolute Gasteiger partial charge is 0.242 e. The first-order valence-electron chi connectivity index (χ1n) is 7.32. The highest BCUT2D eigenvalue weighted by molar-refractivity contribution is 9.10. The molecule has 7 heteroatoms. The second-order valence-corrected chi connectivity index (χ2v) is 8.51. The average molecular weight is 411 g/mol. The van der Waals surface area contributed by atoms with Gasteiger partial charge in [0.25, 0.3) is 0 Å². The Kier molecular flexibility index (Phi) is 6.15. The zero-order valence-electron chi connectivity index (χ0n) is 13.5. The monoisotopic (exact) mass is 410 g/mol. The maximum atomic E-state index is 12.3. The van der Waals surface area contributed by atoms with Crippen molar-refractivity contribution in [3.8, 4) is 0 Å². The van der Waals surface area contributed by atoms with Gasteiger partial charge in [0.05, 0.1) is 11.3 Å². The summed E-state index contributed by atoms with van der Waals surface area (Å²) in [5, 5.41) is 2.78. The molecule has 5 nitrogen and oxygen atoms in total. The summed E-state index contributed by atoms with van der Waals surface area (Å²) in [6.45, 7) is 0.165. The van der Waals surface area contributed by atoms with Gasteiger partial charge in [0, 0.05) is 25.1 Å². The van der Waals surface area contributed by atoms with Gasteiger partial charge in [0.15, 0.2) is 0 Å². The van der Waals surface area contributed by atoms with Crippen LogP contribution in [0.4, 0.5) is 0 Å². The summed E-state index contributed by atoms with van der Waals surface area (Å²) in [6.07, 6.45) is 0.246. The number of halogens is 1. The van der Waals surface area contributed by atoms with E-state index in [4.69, 9.17) is 0 Å². The highest BCUT2D eigenvalue weighted by atomic mass is 79.9. The Labute approximate surface area is 150 Å². The van der Waals surface area contributed by atoms with Crippen LogP contribution in [-0.4, -0.2) is 32.7 Å². The molecule has 0 aromatic heterocycles. The second-order valence-electron chi connectivity index (χ2n) is 5.48. The van der Waals surface area contributed by atoms with E-state index in [-0.39, 0.29) is 23.8 Å². The van der Waals surface area contributed by atoms with E-state index < -0.39 is 10.0 Å². The zero-order chi connectivity index (χ0) is 17.7. The van der Waals surface area contributed by atoms with Gasteiger partial charge < -0.3 is 5.32 Å². The van der Waals surface area contributed by atoms with Crippen LogP contribution in [0.5, 0.6) is 0 Å². The summed E-state index contributed by atoms with van der Waals surface area (Å²) in [5.74, 6) is -0.158. The van der Waals surface area contributed by atoms with Gasteiger partial charge in [0.2, 0.25) is 15.9 Å². The van der Waals surface area contributed by atoms with E-state index in [1.165, 1.54) is 14.1 Å². The number of sulfonamides is 1. The second kappa shape index (κ2) is 7.92. The lowest BCUT2D eigenvalue weighted by Crippen LogP contribution is -2.27. The van der Waals surface area contributed by atoms with Crippen LogP contribution in [0.2, 0.25) is 0 Å².